The van der Waals surface area contributed by atoms with E-state index in [1.807, 2.05) is 12.3 Å². The van der Waals surface area contributed by atoms with Gasteiger partial charge in [-0.1, -0.05) is 0 Å². The molecule has 0 bridgehead atoms. The van der Waals surface area contributed by atoms with E-state index >= 15 is 0 Å². The molecule has 96 valence electrons. The summed E-state index contributed by atoms with van der Waals surface area (Å²) < 4.78 is 6.00. The van der Waals surface area contributed by atoms with Crippen molar-refractivity contribution in [2.45, 2.75) is 13.5 Å². The monoisotopic (exact) mass is 275 g/mol. The fourth-order valence-corrected chi connectivity index (χ4v) is 2.43. The highest BCUT2D eigenvalue weighted by molar-refractivity contribution is 7.09. The normalized spacial score (nSPS) is 11.0. The van der Waals surface area contributed by atoms with E-state index < -0.39 is 11.4 Å². The Balaban J connectivity index is 2.23. The highest BCUT2D eigenvalue weighted by Gasteiger charge is 2.11. The number of fused-ring (bicyclic) bond motifs is 1. The third kappa shape index (κ3) is 2.08. The van der Waals surface area contributed by atoms with Crippen LogP contribution in [0.25, 0.3) is 11.0 Å². The van der Waals surface area contributed by atoms with Gasteiger partial charge in [0, 0.05) is 11.6 Å². The number of hydrogen-bond acceptors (Lipinski definition) is 6. The second-order valence-electron chi connectivity index (χ2n) is 3.97. The van der Waals surface area contributed by atoms with Gasteiger partial charge in [0.2, 0.25) is 0 Å². The highest BCUT2D eigenvalue weighted by atomic mass is 32.1. The molecule has 6 nitrogen and oxygen atoms in total. The molecule has 0 spiro atoms. The molecule has 0 saturated carbocycles. The summed E-state index contributed by atoms with van der Waals surface area (Å²) >= 11 is 1.50. The van der Waals surface area contributed by atoms with Gasteiger partial charge in [-0.05, 0) is 19.1 Å². The second-order valence-corrected chi connectivity index (χ2v) is 5.04. The molecule has 0 aliphatic heterocycles. The molecule has 0 amide bonds. The van der Waals surface area contributed by atoms with E-state index in [9.17, 15) is 9.59 Å². The van der Waals surface area contributed by atoms with Crippen molar-refractivity contribution in [3.63, 3.8) is 0 Å². The van der Waals surface area contributed by atoms with Gasteiger partial charge in [0.1, 0.15) is 5.39 Å². The van der Waals surface area contributed by atoms with Crippen molar-refractivity contribution in [3.05, 3.63) is 55.4 Å². The molecular formula is C12H9N3O3S. The van der Waals surface area contributed by atoms with Gasteiger partial charge in [-0.25, -0.2) is 19.6 Å². The fraction of sp³-hybridized carbons (Fsp3) is 0.167. The van der Waals surface area contributed by atoms with E-state index in [4.69, 9.17) is 0 Å². The maximum atomic E-state index is 11.8. The van der Waals surface area contributed by atoms with Gasteiger partial charge >= 0.3 is 11.4 Å². The molecule has 0 radical (unpaired) electrons. The van der Waals surface area contributed by atoms with Crippen LogP contribution >= 0.6 is 11.3 Å². The summed E-state index contributed by atoms with van der Waals surface area (Å²) in [4.78, 5) is 31.7. The number of rotatable bonds is 2. The fourth-order valence-electron chi connectivity index (χ4n) is 1.83. The summed E-state index contributed by atoms with van der Waals surface area (Å²) in [6.45, 7) is 2.12. The molecule has 19 heavy (non-hydrogen) atoms. The molecule has 0 atom stereocenters. The van der Waals surface area contributed by atoms with Gasteiger partial charge in [-0.3, -0.25) is 4.57 Å². The molecule has 3 heterocycles. The minimum atomic E-state index is -0.721. The van der Waals surface area contributed by atoms with Gasteiger partial charge in [0.15, 0.2) is 5.65 Å². The Morgan fingerprint density at radius 1 is 1.42 bits per heavy atom. The van der Waals surface area contributed by atoms with Crippen molar-refractivity contribution in [3.8, 4) is 0 Å². The van der Waals surface area contributed by atoms with Crippen LogP contribution in [0.15, 0.2) is 37.7 Å². The van der Waals surface area contributed by atoms with Crippen molar-refractivity contribution in [1.29, 1.82) is 0 Å². The minimum absolute atomic E-state index is 0.237. The van der Waals surface area contributed by atoms with Gasteiger partial charge < -0.3 is 4.42 Å². The molecule has 3 aromatic heterocycles. The summed E-state index contributed by atoms with van der Waals surface area (Å²) in [5, 5.41) is 3.06. The van der Waals surface area contributed by atoms with E-state index in [1.165, 1.54) is 22.1 Å². The van der Waals surface area contributed by atoms with Crippen molar-refractivity contribution in [2.24, 2.45) is 0 Å². The van der Waals surface area contributed by atoms with Crippen LogP contribution in [0.2, 0.25) is 0 Å². The average molecular weight is 275 g/mol. The first-order chi connectivity index (χ1) is 9.15. The van der Waals surface area contributed by atoms with E-state index in [1.54, 1.807) is 12.1 Å². The standard InChI is InChI=1S/C12H9N3O3S/c1-7-14-8(6-19-7)5-15-10-9(3-2-4-13-10)11(16)18-12(15)17/h2-4,6H,5H2,1H3. The van der Waals surface area contributed by atoms with Crippen LogP contribution in [0.5, 0.6) is 0 Å². The van der Waals surface area contributed by atoms with Crippen molar-refractivity contribution in [2.75, 3.05) is 0 Å². The first kappa shape index (κ1) is 11.8. The molecule has 0 aromatic carbocycles. The number of hydrogen-bond donors (Lipinski definition) is 0. The summed E-state index contributed by atoms with van der Waals surface area (Å²) in [5.41, 5.74) is 0.388. The summed E-state index contributed by atoms with van der Waals surface area (Å²) in [6.07, 6.45) is 1.53. The number of aromatic nitrogens is 3. The predicted molar refractivity (Wildman–Crippen MR) is 70.5 cm³/mol. The lowest BCUT2D eigenvalue weighted by atomic mass is 10.3. The summed E-state index contributed by atoms with van der Waals surface area (Å²) in [6, 6.07) is 3.21. The first-order valence-electron chi connectivity index (χ1n) is 5.55. The zero-order chi connectivity index (χ0) is 13.4. The maximum Gasteiger partial charge on any atom is 0.423 e. The lowest BCUT2D eigenvalue weighted by Crippen LogP contribution is -2.26. The van der Waals surface area contributed by atoms with Crippen LogP contribution in [-0.2, 0) is 6.54 Å². The molecule has 0 saturated heterocycles. The maximum absolute atomic E-state index is 11.8. The lowest BCUT2D eigenvalue weighted by Gasteiger charge is -2.05. The van der Waals surface area contributed by atoms with Crippen molar-refractivity contribution in [1.82, 2.24) is 14.5 Å². The van der Waals surface area contributed by atoms with Gasteiger partial charge in [0.25, 0.3) is 0 Å². The van der Waals surface area contributed by atoms with Crippen molar-refractivity contribution >= 4 is 22.4 Å². The Labute approximate surface area is 111 Å². The van der Waals surface area contributed by atoms with Crippen LogP contribution in [0.1, 0.15) is 10.7 Å². The van der Waals surface area contributed by atoms with E-state index in [-0.39, 0.29) is 11.9 Å². The Hall–Kier alpha value is -2.28. The molecule has 0 fully saturated rings. The van der Waals surface area contributed by atoms with Gasteiger partial charge in [0.05, 0.1) is 17.2 Å². The molecule has 0 aliphatic carbocycles. The van der Waals surface area contributed by atoms with Gasteiger partial charge in [-0.15, -0.1) is 11.3 Å². The Bertz CT molecular complexity index is 862. The summed E-state index contributed by atoms with van der Waals surface area (Å²) in [7, 11) is 0. The molecule has 3 aromatic rings. The molecule has 7 heteroatoms. The van der Waals surface area contributed by atoms with Crippen molar-refractivity contribution < 1.29 is 4.42 Å². The average Bonchev–Trinajstić information content (AvgIpc) is 2.80. The van der Waals surface area contributed by atoms with Crippen LogP contribution < -0.4 is 11.4 Å². The molecule has 0 aliphatic rings. The van der Waals surface area contributed by atoms with Crippen LogP contribution in [0.4, 0.5) is 0 Å². The smallest absolute Gasteiger partial charge is 0.372 e. The van der Waals surface area contributed by atoms with Gasteiger partial charge in [-0.2, -0.15) is 0 Å². The summed E-state index contributed by atoms with van der Waals surface area (Å²) in [5.74, 6) is -0.721. The molecule has 0 N–H and O–H groups in total. The zero-order valence-electron chi connectivity index (χ0n) is 9.99. The molecule has 0 unspecified atom stereocenters. The van der Waals surface area contributed by atoms with E-state index in [0.717, 1.165) is 10.7 Å². The Morgan fingerprint density at radius 3 is 3.00 bits per heavy atom. The SMILES string of the molecule is Cc1nc(Cn2c(=O)oc(=O)c3cccnc32)cs1. The third-order valence-corrected chi connectivity index (χ3v) is 3.47. The number of thiazole rings is 1. The Kier molecular flexibility index (Phi) is 2.75. The quantitative estimate of drug-likeness (QED) is 0.701. The number of pyridine rings is 1. The third-order valence-electron chi connectivity index (χ3n) is 2.65. The number of nitrogens with zero attached hydrogens (tertiary/aromatic N) is 3. The zero-order valence-corrected chi connectivity index (χ0v) is 10.8. The largest absolute Gasteiger partial charge is 0.423 e. The predicted octanol–water partition coefficient (Wildman–Crippen LogP) is 1.16. The van der Waals surface area contributed by atoms with Crippen LogP contribution in [0, 0.1) is 6.92 Å². The van der Waals surface area contributed by atoms with E-state index in [0.29, 0.717) is 5.65 Å². The number of aryl methyl sites for hydroxylation is 1. The highest BCUT2D eigenvalue weighted by Crippen LogP contribution is 2.11. The van der Waals surface area contributed by atoms with E-state index in [2.05, 4.69) is 14.4 Å². The topological polar surface area (TPSA) is 78.0 Å². The molecule has 3 rings (SSSR count). The molecular weight excluding hydrogens is 266 g/mol. The first-order valence-corrected chi connectivity index (χ1v) is 6.43. The second kappa shape index (κ2) is 4.43. The lowest BCUT2D eigenvalue weighted by molar-refractivity contribution is 0.422. The van der Waals surface area contributed by atoms with Crippen LogP contribution in [-0.4, -0.2) is 14.5 Å². The Morgan fingerprint density at radius 2 is 2.26 bits per heavy atom. The minimum Gasteiger partial charge on any atom is -0.372 e. The van der Waals surface area contributed by atoms with Crippen LogP contribution in [0.3, 0.4) is 0 Å².